The van der Waals surface area contributed by atoms with Crippen molar-refractivity contribution in [2.24, 2.45) is 5.92 Å². The van der Waals surface area contributed by atoms with Crippen LogP contribution in [0, 0.1) is 5.92 Å². The Balaban J connectivity index is 2.19. The summed E-state index contributed by atoms with van der Waals surface area (Å²) in [4.78, 5) is 0. The minimum atomic E-state index is -4.09. The monoisotopic (exact) mass is 303 g/mol. The molecule has 1 aromatic rings. The summed E-state index contributed by atoms with van der Waals surface area (Å²) in [5.74, 6) is 0.620. The number of benzene rings is 1. The molecule has 21 heavy (non-hydrogen) atoms. The number of rotatable bonds is 9. The molecule has 0 atom stereocenters. The largest absolute Gasteiger partial charge is 0.389 e. The summed E-state index contributed by atoms with van der Waals surface area (Å²) in [6, 6.07) is 7.94. The normalized spacial score (nSPS) is 12.1. The first kappa shape index (κ1) is 18.0. The van der Waals surface area contributed by atoms with E-state index in [1.54, 1.807) is 0 Å². The van der Waals surface area contributed by atoms with Crippen molar-refractivity contribution in [3.63, 3.8) is 0 Å². The lowest BCUT2D eigenvalue weighted by atomic mass is 10.1. The fourth-order valence-corrected chi connectivity index (χ4v) is 1.82. The molecular formula is C16H24F3NO. The highest BCUT2D eigenvalue weighted by atomic mass is 19.4. The maximum absolute atomic E-state index is 11.9. The van der Waals surface area contributed by atoms with Gasteiger partial charge in [0.1, 0.15) is 0 Å². The Bertz CT molecular complexity index is 388. The molecule has 0 spiro atoms. The Labute approximate surface area is 124 Å². The van der Waals surface area contributed by atoms with Gasteiger partial charge in [-0.3, -0.25) is 0 Å². The quantitative estimate of drug-likeness (QED) is 0.687. The Hall–Kier alpha value is -1.07. The number of ether oxygens (including phenoxy) is 1. The highest BCUT2D eigenvalue weighted by Gasteiger charge is 2.25. The lowest BCUT2D eigenvalue weighted by molar-refractivity contribution is -0.138. The van der Waals surface area contributed by atoms with Gasteiger partial charge in [0, 0.05) is 19.6 Å². The van der Waals surface area contributed by atoms with Gasteiger partial charge in [-0.1, -0.05) is 38.1 Å². The predicted molar refractivity (Wildman–Crippen MR) is 77.9 cm³/mol. The number of hydrogen-bond acceptors (Lipinski definition) is 2. The SMILES string of the molecule is CC(C)CNCc1ccc(COCCCC(F)(F)F)cc1. The summed E-state index contributed by atoms with van der Waals surface area (Å²) < 4.78 is 41.1. The Morgan fingerprint density at radius 1 is 1.10 bits per heavy atom. The van der Waals surface area contributed by atoms with Crippen molar-refractivity contribution in [3.8, 4) is 0 Å². The van der Waals surface area contributed by atoms with Crippen LogP contribution in [0.4, 0.5) is 13.2 Å². The van der Waals surface area contributed by atoms with Crippen LogP contribution in [-0.2, 0) is 17.9 Å². The highest BCUT2D eigenvalue weighted by Crippen LogP contribution is 2.21. The lowest BCUT2D eigenvalue weighted by Crippen LogP contribution is -2.18. The van der Waals surface area contributed by atoms with Gasteiger partial charge in [0.05, 0.1) is 6.61 Å². The molecule has 1 aromatic carbocycles. The summed E-state index contributed by atoms with van der Waals surface area (Å²) in [6.07, 6.45) is -4.86. The number of nitrogens with one attached hydrogen (secondary N) is 1. The zero-order chi connectivity index (χ0) is 15.7. The first-order valence-corrected chi connectivity index (χ1v) is 7.30. The molecule has 0 heterocycles. The van der Waals surface area contributed by atoms with Crippen molar-refractivity contribution in [2.45, 2.75) is 46.0 Å². The van der Waals surface area contributed by atoms with Crippen LogP contribution < -0.4 is 5.32 Å². The Kier molecular flexibility index (Phi) is 7.75. The van der Waals surface area contributed by atoms with Crippen molar-refractivity contribution in [1.29, 1.82) is 0 Å². The molecule has 0 saturated heterocycles. The van der Waals surface area contributed by atoms with E-state index in [0.717, 1.165) is 18.7 Å². The fourth-order valence-electron chi connectivity index (χ4n) is 1.82. The van der Waals surface area contributed by atoms with Gasteiger partial charge in [0.25, 0.3) is 0 Å². The van der Waals surface area contributed by atoms with Crippen molar-refractivity contribution in [1.82, 2.24) is 5.32 Å². The summed E-state index contributed by atoms with van der Waals surface area (Å²) in [5, 5.41) is 3.36. The molecule has 1 N–H and O–H groups in total. The van der Waals surface area contributed by atoms with Crippen molar-refractivity contribution in [2.75, 3.05) is 13.2 Å². The van der Waals surface area contributed by atoms with E-state index in [1.807, 2.05) is 24.3 Å². The molecule has 0 fully saturated rings. The standard InChI is InChI=1S/C16H24F3NO/c1-13(2)10-20-11-14-4-6-15(7-5-14)12-21-9-3-8-16(17,18)19/h4-7,13,20H,3,8-12H2,1-2H3. The van der Waals surface area contributed by atoms with Gasteiger partial charge in [0.15, 0.2) is 0 Å². The van der Waals surface area contributed by atoms with Crippen molar-refractivity contribution >= 4 is 0 Å². The van der Waals surface area contributed by atoms with E-state index in [1.165, 1.54) is 5.56 Å². The van der Waals surface area contributed by atoms with Gasteiger partial charge in [0.2, 0.25) is 0 Å². The van der Waals surface area contributed by atoms with E-state index in [9.17, 15) is 13.2 Å². The Morgan fingerprint density at radius 3 is 2.29 bits per heavy atom. The molecule has 0 saturated carbocycles. The van der Waals surface area contributed by atoms with Crippen LogP contribution in [0.2, 0.25) is 0 Å². The van der Waals surface area contributed by atoms with Gasteiger partial charge in [-0.15, -0.1) is 0 Å². The van der Waals surface area contributed by atoms with Crippen LogP contribution >= 0.6 is 0 Å². The van der Waals surface area contributed by atoms with Crippen LogP contribution in [0.3, 0.4) is 0 Å². The van der Waals surface area contributed by atoms with E-state index in [4.69, 9.17) is 4.74 Å². The van der Waals surface area contributed by atoms with E-state index in [0.29, 0.717) is 12.5 Å². The fraction of sp³-hybridized carbons (Fsp3) is 0.625. The molecular weight excluding hydrogens is 279 g/mol. The second-order valence-electron chi connectivity index (χ2n) is 5.61. The van der Waals surface area contributed by atoms with Crippen LogP contribution in [0.15, 0.2) is 24.3 Å². The minimum Gasteiger partial charge on any atom is -0.377 e. The minimum absolute atomic E-state index is 0.0146. The third kappa shape index (κ3) is 9.47. The zero-order valence-corrected chi connectivity index (χ0v) is 12.7. The number of halogens is 3. The maximum Gasteiger partial charge on any atom is 0.389 e. The lowest BCUT2D eigenvalue weighted by Gasteiger charge is -2.09. The van der Waals surface area contributed by atoms with Gasteiger partial charge in [-0.05, 0) is 30.0 Å². The number of hydrogen-bond donors (Lipinski definition) is 1. The van der Waals surface area contributed by atoms with Gasteiger partial charge < -0.3 is 10.1 Å². The molecule has 0 aliphatic carbocycles. The molecule has 0 unspecified atom stereocenters. The molecule has 5 heteroatoms. The average molecular weight is 303 g/mol. The maximum atomic E-state index is 11.9. The van der Waals surface area contributed by atoms with E-state index in [-0.39, 0.29) is 13.0 Å². The van der Waals surface area contributed by atoms with E-state index in [2.05, 4.69) is 19.2 Å². The summed E-state index contributed by atoms with van der Waals surface area (Å²) in [5.41, 5.74) is 2.17. The molecule has 0 aromatic heterocycles. The van der Waals surface area contributed by atoms with Crippen LogP contribution in [0.25, 0.3) is 0 Å². The first-order chi connectivity index (χ1) is 9.87. The zero-order valence-electron chi connectivity index (χ0n) is 12.7. The Morgan fingerprint density at radius 2 is 1.71 bits per heavy atom. The topological polar surface area (TPSA) is 21.3 Å². The average Bonchev–Trinajstić information content (AvgIpc) is 2.38. The number of alkyl halides is 3. The third-order valence-corrected chi connectivity index (χ3v) is 2.92. The molecule has 0 radical (unpaired) electrons. The van der Waals surface area contributed by atoms with Crippen LogP contribution in [0.1, 0.15) is 37.8 Å². The van der Waals surface area contributed by atoms with Gasteiger partial charge >= 0.3 is 6.18 Å². The second-order valence-corrected chi connectivity index (χ2v) is 5.61. The summed E-state index contributed by atoms with van der Waals surface area (Å²) in [7, 11) is 0. The third-order valence-electron chi connectivity index (χ3n) is 2.92. The van der Waals surface area contributed by atoms with E-state index < -0.39 is 12.6 Å². The molecule has 0 aliphatic heterocycles. The van der Waals surface area contributed by atoms with Crippen molar-refractivity contribution < 1.29 is 17.9 Å². The molecule has 0 bridgehead atoms. The molecule has 2 nitrogen and oxygen atoms in total. The molecule has 0 amide bonds. The van der Waals surface area contributed by atoms with Crippen molar-refractivity contribution in [3.05, 3.63) is 35.4 Å². The van der Waals surface area contributed by atoms with Gasteiger partial charge in [-0.25, -0.2) is 0 Å². The highest BCUT2D eigenvalue weighted by molar-refractivity contribution is 5.21. The smallest absolute Gasteiger partial charge is 0.377 e. The molecule has 1 rings (SSSR count). The summed E-state index contributed by atoms with van der Waals surface area (Å²) in [6.45, 7) is 6.61. The predicted octanol–water partition coefficient (Wildman–Crippen LogP) is 4.29. The van der Waals surface area contributed by atoms with Crippen LogP contribution in [-0.4, -0.2) is 19.3 Å². The first-order valence-electron chi connectivity index (χ1n) is 7.30. The summed E-state index contributed by atoms with van der Waals surface area (Å²) >= 11 is 0. The molecule has 0 aliphatic rings. The molecule has 120 valence electrons. The van der Waals surface area contributed by atoms with E-state index >= 15 is 0 Å². The van der Waals surface area contributed by atoms with Crippen LogP contribution in [0.5, 0.6) is 0 Å². The van der Waals surface area contributed by atoms with Gasteiger partial charge in [-0.2, -0.15) is 13.2 Å². The second kappa shape index (κ2) is 9.05.